The molecule has 1 rings (SSSR count). The largest absolute Gasteiger partial charge is 0.481 e. The van der Waals surface area contributed by atoms with Crippen molar-refractivity contribution < 1.29 is 14.8 Å². The maximum absolute atomic E-state index is 10.8. The van der Waals surface area contributed by atoms with Crippen LogP contribution in [0.4, 0.5) is 5.69 Å². The Balaban J connectivity index is 3.12. The van der Waals surface area contributed by atoms with E-state index in [9.17, 15) is 14.9 Å². The number of halogens is 1. The summed E-state index contributed by atoms with van der Waals surface area (Å²) in [5.41, 5.74) is 0.716. The fourth-order valence-electron chi connectivity index (χ4n) is 1.35. The van der Waals surface area contributed by atoms with Crippen LogP contribution in [0.5, 0.6) is 0 Å². The molecule has 5 nitrogen and oxygen atoms in total. The zero-order valence-electron chi connectivity index (χ0n) is 8.80. The number of nitro benzene ring substituents is 1. The third-order valence-electron chi connectivity index (χ3n) is 2.05. The molecule has 6 heteroatoms. The second-order valence-electron chi connectivity index (χ2n) is 3.27. The summed E-state index contributed by atoms with van der Waals surface area (Å²) < 4.78 is 0. The average Bonchev–Trinajstić information content (AvgIpc) is 2.26. The summed E-state index contributed by atoms with van der Waals surface area (Å²) in [6, 6.07) is 4.50. The predicted octanol–water partition coefficient (Wildman–Crippen LogP) is 2.63. The van der Waals surface area contributed by atoms with Gasteiger partial charge in [0.15, 0.2) is 0 Å². The van der Waals surface area contributed by atoms with Crippen LogP contribution in [0.25, 0.3) is 6.08 Å². The van der Waals surface area contributed by atoms with E-state index in [0.717, 1.165) is 0 Å². The maximum atomic E-state index is 10.8. The van der Waals surface area contributed by atoms with Gasteiger partial charge in [-0.05, 0) is 5.56 Å². The minimum atomic E-state index is -1.09. The molecule has 0 aliphatic carbocycles. The number of hydrogen-bond acceptors (Lipinski definition) is 3. The zero-order chi connectivity index (χ0) is 12.8. The minimum absolute atomic E-state index is 0.163. The summed E-state index contributed by atoms with van der Waals surface area (Å²) in [4.78, 5) is 20.8. The molecule has 0 heterocycles. The van der Waals surface area contributed by atoms with Crippen molar-refractivity contribution in [3.63, 3.8) is 0 Å². The highest BCUT2D eigenvalue weighted by atomic mass is 79.9. The van der Waals surface area contributed by atoms with Crippen LogP contribution in [0.1, 0.15) is 11.1 Å². The van der Waals surface area contributed by atoms with Gasteiger partial charge in [0.05, 0.1) is 11.3 Å². The normalized spacial score (nSPS) is 10.6. The molecule has 0 atom stereocenters. The smallest absolute Gasteiger partial charge is 0.308 e. The molecule has 1 aromatic carbocycles. The van der Waals surface area contributed by atoms with Crippen LogP contribution in [0, 0.1) is 10.1 Å². The lowest BCUT2D eigenvalue weighted by molar-refractivity contribution is -0.385. The van der Waals surface area contributed by atoms with Gasteiger partial charge in [0.1, 0.15) is 0 Å². The molecule has 0 aliphatic rings. The number of carboxylic acids is 1. The molecular formula is C11H10BrNO4. The van der Waals surface area contributed by atoms with Gasteiger partial charge in [-0.25, -0.2) is 0 Å². The molecule has 0 aliphatic heterocycles. The first-order valence-corrected chi connectivity index (χ1v) is 5.88. The average molecular weight is 300 g/mol. The van der Waals surface area contributed by atoms with E-state index < -0.39 is 10.9 Å². The van der Waals surface area contributed by atoms with E-state index in [1.165, 1.54) is 12.1 Å². The van der Waals surface area contributed by atoms with Crippen molar-refractivity contribution >= 4 is 33.7 Å². The molecule has 0 aromatic heterocycles. The summed E-state index contributed by atoms with van der Waals surface area (Å²) in [7, 11) is 0. The van der Waals surface area contributed by atoms with Gasteiger partial charge in [0.25, 0.3) is 5.69 Å². The predicted molar refractivity (Wildman–Crippen MR) is 67.3 cm³/mol. The van der Waals surface area contributed by atoms with E-state index in [2.05, 4.69) is 15.9 Å². The van der Waals surface area contributed by atoms with Crippen molar-refractivity contribution in [2.75, 3.05) is 5.33 Å². The Kier molecular flexibility index (Phi) is 4.84. The summed E-state index contributed by atoms with van der Waals surface area (Å²) in [5.74, 6) is -1.09. The van der Waals surface area contributed by atoms with Crippen molar-refractivity contribution in [1.82, 2.24) is 0 Å². The number of nitrogens with zero attached hydrogens (tertiary/aromatic N) is 1. The summed E-state index contributed by atoms with van der Waals surface area (Å²) in [6.45, 7) is 0. The Bertz CT molecular complexity index is 471. The molecule has 0 spiro atoms. The number of carboxylic acid groups (broad SMARTS) is 1. The quantitative estimate of drug-likeness (QED) is 0.515. The van der Waals surface area contributed by atoms with Crippen molar-refractivity contribution in [3.8, 4) is 0 Å². The van der Waals surface area contributed by atoms with Gasteiger partial charge in [-0.15, -0.1) is 0 Å². The SMILES string of the molecule is O=C(O)Cc1ccc(C=CCBr)cc1[N+](=O)[O-]. The molecule has 0 unspecified atom stereocenters. The van der Waals surface area contributed by atoms with Crippen LogP contribution in [0.15, 0.2) is 24.3 Å². The third kappa shape index (κ3) is 3.99. The van der Waals surface area contributed by atoms with Crippen LogP contribution in [-0.4, -0.2) is 21.3 Å². The van der Waals surface area contributed by atoms with Crippen molar-refractivity contribution in [2.24, 2.45) is 0 Å². The summed E-state index contributed by atoms with van der Waals surface area (Å²) in [6.07, 6.45) is 3.18. The van der Waals surface area contributed by atoms with Crippen molar-refractivity contribution in [2.45, 2.75) is 6.42 Å². The number of nitro groups is 1. The van der Waals surface area contributed by atoms with E-state index in [1.54, 1.807) is 18.2 Å². The van der Waals surface area contributed by atoms with Gasteiger partial charge in [0.2, 0.25) is 0 Å². The molecule has 0 amide bonds. The summed E-state index contributed by atoms with van der Waals surface area (Å²) in [5, 5.41) is 20.1. The highest BCUT2D eigenvalue weighted by Gasteiger charge is 2.16. The van der Waals surface area contributed by atoms with Crippen LogP contribution in [0.3, 0.4) is 0 Å². The number of hydrogen-bond donors (Lipinski definition) is 1. The highest BCUT2D eigenvalue weighted by Crippen LogP contribution is 2.21. The number of benzene rings is 1. The number of aliphatic carboxylic acids is 1. The standard InChI is InChI=1S/C11H10BrNO4/c12-5-1-2-8-3-4-9(7-11(14)15)10(6-8)13(16)17/h1-4,6H,5,7H2,(H,14,15). The van der Waals surface area contributed by atoms with Gasteiger partial charge < -0.3 is 5.11 Å². The lowest BCUT2D eigenvalue weighted by atomic mass is 10.1. The monoisotopic (exact) mass is 299 g/mol. The molecule has 0 fully saturated rings. The van der Waals surface area contributed by atoms with Gasteiger partial charge in [0, 0.05) is 17.0 Å². The first-order chi connectivity index (χ1) is 8.04. The lowest BCUT2D eigenvalue weighted by Crippen LogP contribution is -2.03. The van der Waals surface area contributed by atoms with Crippen LogP contribution in [0.2, 0.25) is 0 Å². The second-order valence-corrected chi connectivity index (χ2v) is 3.92. The van der Waals surface area contributed by atoms with Gasteiger partial charge in [-0.1, -0.05) is 40.2 Å². The summed E-state index contributed by atoms with van der Waals surface area (Å²) >= 11 is 3.20. The Hall–Kier alpha value is -1.69. The Morgan fingerprint density at radius 2 is 2.24 bits per heavy atom. The number of alkyl halides is 1. The molecule has 0 saturated carbocycles. The molecule has 1 aromatic rings. The molecule has 17 heavy (non-hydrogen) atoms. The number of carbonyl (C=O) groups is 1. The molecule has 1 N–H and O–H groups in total. The first-order valence-electron chi connectivity index (χ1n) is 4.76. The topological polar surface area (TPSA) is 80.4 Å². The molecule has 0 saturated heterocycles. The molecule has 90 valence electrons. The van der Waals surface area contributed by atoms with E-state index in [0.29, 0.717) is 10.9 Å². The lowest BCUT2D eigenvalue weighted by Gasteiger charge is -2.01. The molecular weight excluding hydrogens is 290 g/mol. The van der Waals surface area contributed by atoms with Gasteiger partial charge in [-0.3, -0.25) is 14.9 Å². The highest BCUT2D eigenvalue weighted by molar-refractivity contribution is 9.09. The van der Waals surface area contributed by atoms with Crippen molar-refractivity contribution in [1.29, 1.82) is 0 Å². The third-order valence-corrected chi connectivity index (χ3v) is 2.42. The Morgan fingerprint density at radius 3 is 2.76 bits per heavy atom. The second kappa shape index (κ2) is 6.15. The minimum Gasteiger partial charge on any atom is -0.481 e. The van der Waals surface area contributed by atoms with E-state index >= 15 is 0 Å². The fourth-order valence-corrected chi connectivity index (χ4v) is 1.53. The van der Waals surface area contributed by atoms with Gasteiger partial charge in [-0.2, -0.15) is 0 Å². The van der Waals surface area contributed by atoms with Crippen LogP contribution >= 0.6 is 15.9 Å². The van der Waals surface area contributed by atoms with E-state index in [-0.39, 0.29) is 17.7 Å². The first kappa shape index (κ1) is 13.4. The van der Waals surface area contributed by atoms with Crippen LogP contribution in [-0.2, 0) is 11.2 Å². The Labute approximate surface area is 106 Å². The number of allylic oxidation sites excluding steroid dienone is 1. The van der Waals surface area contributed by atoms with Crippen molar-refractivity contribution in [3.05, 3.63) is 45.5 Å². The Morgan fingerprint density at radius 1 is 1.53 bits per heavy atom. The van der Waals surface area contributed by atoms with E-state index in [1.807, 2.05) is 0 Å². The maximum Gasteiger partial charge on any atom is 0.308 e. The fraction of sp³-hybridized carbons (Fsp3) is 0.182. The zero-order valence-corrected chi connectivity index (χ0v) is 10.4. The number of rotatable bonds is 5. The molecule has 0 radical (unpaired) electrons. The molecule has 0 bridgehead atoms. The van der Waals surface area contributed by atoms with Gasteiger partial charge >= 0.3 is 5.97 Å². The van der Waals surface area contributed by atoms with Crippen LogP contribution < -0.4 is 0 Å². The van der Waals surface area contributed by atoms with E-state index in [4.69, 9.17) is 5.11 Å².